The van der Waals surface area contributed by atoms with Crippen molar-refractivity contribution in [2.45, 2.75) is 6.42 Å². The summed E-state index contributed by atoms with van der Waals surface area (Å²) in [7, 11) is 0. The van der Waals surface area contributed by atoms with Gasteiger partial charge in [0.2, 0.25) is 5.13 Å². The van der Waals surface area contributed by atoms with Crippen LogP contribution in [-0.2, 0) is 0 Å². The summed E-state index contributed by atoms with van der Waals surface area (Å²) in [5.74, 6) is 1.54. The fraction of sp³-hybridized carbons (Fsp3) is 0.231. The van der Waals surface area contributed by atoms with Crippen LogP contribution in [0.3, 0.4) is 0 Å². The Morgan fingerprint density at radius 2 is 2.15 bits per heavy atom. The Labute approximate surface area is 119 Å². The molecule has 2 heterocycles. The van der Waals surface area contributed by atoms with Crippen LogP contribution >= 0.6 is 11.3 Å². The maximum Gasteiger partial charge on any atom is 0.211 e. The monoisotopic (exact) mass is 291 g/mol. The lowest BCUT2D eigenvalue weighted by molar-refractivity contribution is 0.240. The molecule has 20 heavy (non-hydrogen) atoms. The Bertz CT molecular complexity index is 627. The molecule has 1 aromatic heterocycles. The summed E-state index contributed by atoms with van der Waals surface area (Å²) in [5.41, 5.74) is 2.86. The Hall–Kier alpha value is -2.12. The zero-order valence-corrected chi connectivity index (χ0v) is 11.4. The zero-order valence-electron chi connectivity index (χ0n) is 10.6. The van der Waals surface area contributed by atoms with Crippen LogP contribution in [0.5, 0.6) is 11.5 Å². The lowest BCUT2D eigenvalue weighted by Gasteiger charge is -2.08. The van der Waals surface area contributed by atoms with Crippen molar-refractivity contribution in [3.8, 4) is 21.9 Å². The first kappa shape index (κ1) is 12.9. The topological polar surface area (TPSA) is 76.0 Å². The van der Waals surface area contributed by atoms with Gasteiger partial charge < -0.3 is 9.47 Å². The number of fused-ring (bicyclic) bond motifs is 1. The highest BCUT2D eigenvalue weighted by Gasteiger charge is 2.12. The average Bonchev–Trinajstić information content (AvgIpc) is 2.82. The third-order valence-electron chi connectivity index (χ3n) is 2.76. The fourth-order valence-corrected chi connectivity index (χ4v) is 2.62. The van der Waals surface area contributed by atoms with Crippen molar-refractivity contribution in [1.29, 1.82) is 0 Å². The van der Waals surface area contributed by atoms with Crippen molar-refractivity contribution < 1.29 is 14.7 Å². The number of aliphatic imine (C=N–C) groups is 1. The molecule has 6 nitrogen and oxygen atoms in total. The van der Waals surface area contributed by atoms with Gasteiger partial charge in [-0.3, -0.25) is 10.7 Å². The minimum absolute atomic E-state index is 0.564. The summed E-state index contributed by atoms with van der Waals surface area (Å²) >= 11 is 1.43. The summed E-state index contributed by atoms with van der Waals surface area (Å²) in [6.07, 6.45) is 3.81. The van der Waals surface area contributed by atoms with E-state index in [4.69, 9.17) is 14.7 Å². The molecule has 0 unspecified atom stereocenters. The zero-order chi connectivity index (χ0) is 13.8. The highest BCUT2D eigenvalue weighted by Crippen LogP contribution is 2.37. The highest BCUT2D eigenvalue weighted by atomic mass is 32.1. The summed E-state index contributed by atoms with van der Waals surface area (Å²) in [6, 6.07) is 5.83. The van der Waals surface area contributed by atoms with E-state index in [9.17, 15) is 0 Å². The molecule has 0 spiro atoms. The third kappa shape index (κ3) is 2.73. The number of nitrogens with one attached hydrogen (secondary N) is 1. The van der Waals surface area contributed by atoms with Crippen molar-refractivity contribution in [3.05, 3.63) is 24.4 Å². The summed E-state index contributed by atoms with van der Waals surface area (Å²) in [5, 5.41) is 9.02. The Balaban J connectivity index is 1.88. The molecule has 0 amide bonds. The molecule has 1 aliphatic rings. The maximum atomic E-state index is 8.46. The highest BCUT2D eigenvalue weighted by molar-refractivity contribution is 7.18. The van der Waals surface area contributed by atoms with Crippen molar-refractivity contribution in [2.24, 2.45) is 4.99 Å². The largest absolute Gasteiger partial charge is 0.490 e. The number of aromatic nitrogens is 1. The number of ether oxygens (including phenoxy) is 2. The molecular formula is C13H13N3O3S. The van der Waals surface area contributed by atoms with E-state index < -0.39 is 0 Å². The van der Waals surface area contributed by atoms with Gasteiger partial charge >= 0.3 is 0 Å². The maximum absolute atomic E-state index is 8.46. The van der Waals surface area contributed by atoms with E-state index in [0.717, 1.165) is 28.4 Å². The van der Waals surface area contributed by atoms with Crippen molar-refractivity contribution in [2.75, 3.05) is 13.2 Å². The van der Waals surface area contributed by atoms with Gasteiger partial charge in [-0.15, -0.1) is 0 Å². The van der Waals surface area contributed by atoms with Crippen LogP contribution in [0.4, 0.5) is 5.13 Å². The van der Waals surface area contributed by atoms with E-state index in [1.165, 1.54) is 17.7 Å². The summed E-state index contributed by atoms with van der Waals surface area (Å²) < 4.78 is 11.3. The van der Waals surface area contributed by atoms with Crippen LogP contribution in [0, 0.1) is 0 Å². The van der Waals surface area contributed by atoms with Crippen molar-refractivity contribution >= 4 is 22.8 Å². The first-order valence-corrected chi connectivity index (χ1v) is 6.96. The van der Waals surface area contributed by atoms with Crippen LogP contribution in [-0.4, -0.2) is 29.7 Å². The molecule has 1 aliphatic heterocycles. The molecule has 0 radical (unpaired) electrons. The third-order valence-corrected chi connectivity index (χ3v) is 3.71. The van der Waals surface area contributed by atoms with Gasteiger partial charge in [0.15, 0.2) is 11.5 Å². The second-order valence-electron chi connectivity index (χ2n) is 4.11. The van der Waals surface area contributed by atoms with Gasteiger partial charge in [0.25, 0.3) is 0 Å². The first-order valence-electron chi connectivity index (χ1n) is 6.15. The Morgan fingerprint density at radius 1 is 1.30 bits per heavy atom. The Morgan fingerprint density at radius 3 is 3.00 bits per heavy atom. The fourth-order valence-electron chi connectivity index (χ4n) is 1.86. The van der Waals surface area contributed by atoms with Crippen LogP contribution < -0.4 is 15.0 Å². The molecular weight excluding hydrogens is 278 g/mol. The summed E-state index contributed by atoms with van der Waals surface area (Å²) in [4.78, 5) is 9.07. The van der Waals surface area contributed by atoms with E-state index >= 15 is 0 Å². The molecule has 0 fully saturated rings. The molecule has 0 saturated heterocycles. The standard InChI is InChI=1S/C13H13N3O3S/c17-16-8-15-13-14-7-12(20-13)9-2-3-10-11(6-9)19-5-1-4-18-10/h2-3,6-8,17H,1,4-5H2,(H,14,15,16). The lowest BCUT2D eigenvalue weighted by atomic mass is 10.2. The van der Waals surface area contributed by atoms with Crippen LogP contribution in [0.25, 0.3) is 10.4 Å². The number of hydrogen-bond acceptors (Lipinski definition) is 6. The molecule has 0 bridgehead atoms. The predicted molar refractivity (Wildman–Crippen MR) is 76.2 cm³/mol. The van der Waals surface area contributed by atoms with Gasteiger partial charge in [0.1, 0.15) is 6.34 Å². The molecule has 0 atom stereocenters. The van der Waals surface area contributed by atoms with Crippen molar-refractivity contribution in [3.63, 3.8) is 0 Å². The van der Waals surface area contributed by atoms with Crippen molar-refractivity contribution in [1.82, 2.24) is 10.5 Å². The van der Waals surface area contributed by atoms with Crippen LogP contribution in [0.15, 0.2) is 29.4 Å². The molecule has 104 valence electrons. The molecule has 3 rings (SSSR count). The number of thiazole rings is 1. The number of rotatable bonds is 3. The molecule has 7 heteroatoms. The number of benzene rings is 1. The van der Waals surface area contributed by atoms with Gasteiger partial charge in [-0.25, -0.2) is 9.98 Å². The van der Waals surface area contributed by atoms with E-state index in [0.29, 0.717) is 18.3 Å². The second-order valence-corrected chi connectivity index (χ2v) is 5.12. The smallest absolute Gasteiger partial charge is 0.211 e. The predicted octanol–water partition coefficient (Wildman–Crippen LogP) is 2.61. The number of nitrogens with zero attached hydrogens (tertiary/aromatic N) is 2. The minimum atomic E-state index is 0.564. The van der Waals surface area contributed by atoms with Crippen LogP contribution in [0.1, 0.15) is 6.42 Å². The normalized spacial score (nSPS) is 14.2. The van der Waals surface area contributed by atoms with Gasteiger partial charge in [-0.2, -0.15) is 0 Å². The SMILES string of the molecule is ON/C=N/c1ncc(-c2ccc3c(c2)OCCCO3)s1. The minimum Gasteiger partial charge on any atom is -0.490 e. The second kappa shape index (κ2) is 5.89. The van der Waals surface area contributed by atoms with Crippen LogP contribution in [0.2, 0.25) is 0 Å². The summed E-state index contributed by atoms with van der Waals surface area (Å²) in [6.45, 7) is 1.34. The quantitative estimate of drug-likeness (QED) is 0.516. The molecule has 0 aliphatic carbocycles. The lowest BCUT2D eigenvalue weighted by Crippen LogP contribution is -2.00. The first-order chi connectivity index (χ1) is 9.86. The van der Waals surface area contributed by atoms with E-state index in [1.807, 2.05) is 23.7 Å². The molecule has 1 aromatic carbocycles. The van der Waals surface area contributed by atoms with Gasteiger partial charge in [-0.1, -0.05) is 11.3 Å². The van der Waals surface area contributed by atoms with E-state index in [1.54, 1.807) is 6.20 Å². The Kier molecular flexibility index (Phi) is 3.80. The molecule has 2 aromatic rings. The van der Waals surface area contributed by atoms with Gasteiger partial charge in [-0.05, 0) is 23.8 Å². The molecule has 2 N–H and O–H groups in total. The van der Waals surface area contributed by atoms with E-state index in [2.05, 4.69) is 9.98 Å². The number of hydrogen-bond donors (Lipinski definition) is 2. The number of hydroxylamine groups is 1. The molecule has 0 saturated carbocycles. The van der Waals surface area contributed by atoms with Gasteiger partial charge in [0, 0.05) is 12.6 Å². The van der Waals surface area contributed by atoms with Gasteiger partial charge in [0.05, 0.1) is 18.1 Å². The average molecular weight is 291 g/mol. The van der Waals surface area contributed by atoms with E-state index in [-0.39, 0.29) is 0 Å².